The SMILES string of the molecule is C[C@@H]1CCCN2CNC[C@H](C)C(=O)[N+]12C. The molecule has 0 saturated carbocycles. The lowest BCUT2D eigenvalue weighted by atomic mass is 10.0. The monoisotopic (exact) mass is 212 g/mol. The number of hydrogen-bond acceptors (Lipinski definition) is 3. The third-order valence-electron chi connectivity index (χ3n) is 4.10. The van der Waals surface area contributed by atoms with E-state index in [0.717, 1.165) is 26.2 Å². The maximum absolute atomic E-state index is 12.4. The van der Waals surface area contributed by atoms with E-state index in [2.05, 4.69) is 24.3 Å². The number of nitrogens with one attached hydrogen (secondary N) is 1. The molecule has 1 N–H and O–H groups in total. The van der Waals surface area contributed by atoms with Crippen LogP contribution >= 0.6 is 0 Å². The van der Waals surface area contributed by atoms with Crippen LogP contribution in [-0.2, 0) is 4.79 Å². The molecule has 2 aliphatic heterocycles. The fourth-order valence-electron chi connectivity index (χ4n) is 2.83. The molecule has 2 saturated heterocycles. The predicted molar refractivity (Wildman–Crippen MR) is 58.6 cm³/mol. The van der Waals surface area contributed by atoms with E-state index in [4.69, 9.17) is 0 Å². The summed E-state index contributed by atoms with van der Waals surface area (Å²) in [4.78, 5) is 12.4. The molecular formula is C11H22N3O+. The minimum atomic E-state index is 0.126. The molecule has 0 aromatic rings. The molecule has 15 heavy (non-hydrogen) atoms. The van der Waals surface area contributed by atoms with Gasteiger partial charge in [0.1, 0.15) is 6.04 Å². The smallest absolute Gasteiger partial charge is 0.299 e. The molecule has 2 heterocycles. The van der Waals surface area contributed by atoms with Crippen LogP contribution in [-0.4, -0.2) is 48.4 Å². The Kier molecular flexibility index (Phi) is 2.83. The van der Waals surface area contributed by atoms with Crippen molar-refractivity contribution in [3.8, 4) is 0 Å². The number of carbonyl (C=O) groups is 1. The van der Waals surface area contributed by atoms with Crippen LogP contribution < -0.4 is 5.32 Å². The molecule has 86 valence electrons. The standard InChI is InChI=1S/C11H22N3O/c1-9-7-12-8-13-6-4-5-10(2)14(13,3)11(9)15/h9-10,12H,4-8H2,1-3H3/q+1/t9-,10+,14?/m0/s1. The Bertz CT molecular complexity index is 269. The molecular weight excluding hydrogens is 190 g/mol. The lowest BCUT2D eigenvalue weighted by Gasteiger charge is -2.47. The van der Waals surface area contributed by atoms with Gasteiger partial charge in [-0.2, -0.15) is 4.59 Å². The normalized spacial score (nSPS) is 43.5. The number of rotatable bonds is 0. The Morgan fingerprint density at radius 3 is 2.93 bits per heavy atom. The third-order valence-corrected chi connectivity index (χ3v) is 4.10. The fraction of sp³-hybridized carbons (Fsp3) is 0.909. The lowest BCUT2D eigenvalue weighted by Crippen LogP contribution is -2.68. The van der Waals surface area contributed by atoms with E-state index in [-0.39, 0.29) is 5.92 Å². The van der Waals surface area contributed by atoms with E-state index in [1.807, 2.05) is 6.92 Å². The van der Waals surface area contributed by atoms with Crippen molar-refractivity contribution in [2.24, 2.45) is 5.92 Å². The van der Waals surface area contributed by atoms with Gasteiger partial charge in [0, 0.05) is 19.5 Å². The first kappa shape index (κ1) is 11.0. The van der Waals surface area contributed by atoms with E-state index in [9.17, 15) is 4.79 Å². The first-order valence-electron chi connectivity index (χ1n) is 5.93. The van der Waals surface area contributed by atoms with Crippen LogP contribution in [0.3, 0.4) is 0 Å². The van der Waals surface area contributed by atoms with Gasteiger partial charge in [-0.1, -0.05) is 0 Å². The number of carbonyl (C=O) groups excluding carboxylic acids is 1. The van der Waals surface area contributed by atoms with E-state index in [1.54, 1.807) is 0 Å². The molecule has 2 aliphatic rings. The second kappa shape index (κ2) is 3.85. The van der Waals surface area contributed by atoms with Crippen LogP contribution in [0, 0.1) is 5.92 Å². The van der Waals surface area contributed by atoms with Crippen LogP contribution in [0.25, 0.3) is 0 Å². The fourth-order valence-corrected chi connectivity index (χ4v) is 2.83. The van der Waals surface area contributed by atoms with E-state index < -0.39 is 0 Å². The summed E-state index contributed by atoms with van der Waals surface area (Å²) in [5, 5.41) is 5.64. The van der Waals surface area contributed by atoms with Crippen molar-refractivity contribution in [1.82, 2.24) is 10.3 Å². The van der Waals surface area contributed by atoms with Crippen molar-refractivity contribution in [2.75, 3.05) is 26.8 Å². The summed E-state index contributed by atoms with van der Waals surface area (Å²) < 4.78 is 0.508. The molecule has 0 spiro atoms. The van der Waals surface area contributed by atoms with Crippen LogP contribution in [0.1, 0.15) is 26.7 Å². The van der Waals surface area contributed by atoms with Gasteiger partial charge in [0.15, 0.2) is 0 Å². The van der Waals surface area contributed by atoms with Gasteiger partial charge in [-0.05, 0) is 20.3 Å². The molecule has 4 nitrogen and oxygen atoms in total. The Hall–Kier alpha value is -0.450. The topological polar surface area (TPSA) is 32.3 Å². The van der Waals surface area contributed by atoms with Crippen molar-refractivity contribution in [1.29, 1.82) is 0 Å². The summed E-state index contributed by atoms with van der Waals surface area (Å²) in [6, 6.07) is 0.425. The van der Waals surface area contributed by atoms with Gasteiger partial charge in [-0.25, -0.2) is 4.79 Å². The zero-order valence-electron chi connectivity index (χ0n) is 9.99. The molecule has 4 heteroatoms. The molecule has 0 aromatic carbocycles. The van der Waals surface area contributed by atoms with Crippen molar-refractivity contribution in [2.45, 2.75) is 32.7 Å². The Balaban J connectivity index is 2.32. The van der Waals surface area contributed by atoms with Gasteiger partial charge >= 0.3 is 5.91 Å². The van der Waals surface area contributed by atoms with Crippen molar-refractivity contribution in [3.05, 3.63) is 0 Å². The Morgan fingerprint density at radius 1 is 1.47 bits per heavy atom. The maximum Gasteiger partial charge on any atom is 0.337 e. The third kappa shape index (κ3) is 1.61. The van der Waals surface area contributed by atoms with Crippen LogP contribution in [0.15, 0.2) is 0 Å². The van der Waals surface area contributed by atoms with Crippen molar-refractivity contribution < 1.29 is 9.39 Å². The van der Waals surface area contributed by atoms with Gasteiger partial charge in [-0.15, -0.1) is 5.01 Å². The number of nitrogens with zero attached hydrogens (tertiary/aromatic N) is 2. The first-order chi connectivity index (χ1) is 7.06. The first-order valence-corrected chi connectivity index (χ1v) is 5.93. The van der Waals surface area contributed by atoms with Crippen LogP contribution in [0.2, 0.25) is 0 Å². The largest absolute Gasteiger partial charge is 0.337 e. The molecule has 0 aliphatic carbocycles. The molecule has 0 bridgehead atoms. The molecule has 0 aromatic heterocycles. The summed E-state index contributed by atoms with van der Waals surface area (Å²) in [5.74, 6) is 0.493. The number of fused-ring (bicyclic) bond motifs is 1. The zero-order valence-corrected chi connectivity index (χ0v) is 9.99. The molecule has 2 fully saturated rings. The summed E-state index contributed by atoms with van der Waals surface area (Å²) in [6.07, 6.45) is 2.36. The number of quaternary nitrogens is 1. The molecule has 1 amide bonds. The van der Waals surface area contributed by atoms with Gasteiger partial charge in [0.2, 0.25) is 0 Å². The summed E-state index contributed by atoms with van der Waals surface area (Å²) in [7, 11) is 2.08. The predicted octanol–water partition coefficient (Wildman–Crippen LogP) is 0.556. The molecule has 1 unspecified atom stereocenters. The van der Waals surface area contributed by atoms with Crippen LogP contribution in [0.5, 0.6) is 0 Å². The van der Waals surface area contributed by atoms with Crippen molar-refractivity contribution >= 4 is 5.91 Å². The van der Waals surface area contributed by atoms with Gasteiger partial charge in [0.25, 0.3) is 0 Å². The second-order valence-corrected chi connectivity index (χ2v) is 5.10. The number of hydrogen-bond donors (Lipinski definition) is 1. The highest BCUT2D eigenvalue weighted by atomic mass is 16.2. The number of amides is 1. The quantitative estimate of drug-likeness (QED) is 0.595. The van der Waals surface area contributed by atoms with Gasteiger partial charge in [-0.3, -0.25) is 5.32 Å². The Labute approximate surface area is 91.8 Å². The highest BCUT2D eigenvalue weighted by Gasteiger charge is 2.49. The summed E-state index contributed by atoms with van der Waals surface area (Å²) in [6.45, 7) is 6.92. The minimum Gasteiger partial charge on any atom is -0.299 e. The average molecular weight is 212 g/mol. The highest BCUT2D eigenvalue weighted by molar-refractivity contribution is 5.72. The Morgan fingerprint density at radius 2 is 2.20 bits per heavy atom. The molecule has 3 atom stereocenters. The van der Waals surface area contributed by atoms with E-state index >= 15 is 0 Å². The summed E-state index contributed by atoms with van der Waals surface area (Å²) in [5.41, 5.74) is 0. The minimum absolute atomic E-state index is 0.126. The summed E-state index contributed by atoms with van der Waals surface area (Å²) >= 11 is 0. The average Bonchev–Trinajstić information content (AvgIpc) is 2.32. The lowest BCUT2D eigenvalue weighted by molar-refractivity contribution is -0.978. The zero-order chi connectivity index (χ0) is 11.1. The van der Waals surface area contributed by atoms with E-state index in [1.165, 1.54) is 6.42 Å². The highest BCUT2D eigenvalue weighted by Crippen LogP contribution is 2.28. The van der Waals surface area contributed by atoms with Gasteiger partial charge < -0.3 is 0 Å². The second-order valence-electron chi connectivity index (χ2n) is 5.10. The van der Waals surface area contributed by atoms with Gasteiger partial charge in [0.05, 0.1) is 19.6 Å². The van der Waals surface area contributed by atoms with Crippen molar-refractivity contribution in [3.63, 3.8) is 0 Å². The molecule has 0 radical (unpaired) electrons. The molecule has 2 rings (SSSR count). The maximum atomic E-state index is 12.4. The van der Waals surface area contributed by atoms with Crippen LogP contribution in [0.4, 0.5) is 0 Å². The van der Waals surface area contributed by atoms with E-state index in [0.29, 0.717) is 16.5 Å².